The smallest absolute Gasteiger partial charge is 0.351 e. The van der Waals surface area contributed by atoms with E-state index in [4.69, 9.17) is 21.4 Å². The van der Waals surface area contributed by atoms with Gasteiger partial charge < -0.3 is 20.3 Å². The molecule has 0 bridgehead atoms. The zero-order valence-corrected chi connectivity index (χ0v) is 15.2. The molecule has 1 fully saturated rings. The van der Waals surface area contributed by atoms with Crippen LogP contribution >= 0.6 is 11.6 Å². The highest BCUT2D eigenvalue weighted by atomic mass is 35.5. The highest BCUT2D eigenvalue weighted by Gasteiger charge is 2.59. The van der Waals surface area contributed by atoms with Crippen LogP contribution in [0.5, 0.6) is 0 Å². The molecule has 2 aromatic rings. The number of hydrogen-bond donors (Lipinski definition) is 3. The van der Waals surface area contributed by atoms with E-state index >= 15 is 0 Å². The number of aryl methyl sites for hydroxylation is 1. The molecule has 1 aromatic heterocycles. The minimum absolute atomic E-state index is 0.163. The first kappa shape index (κ1) is 20.3. The molecule has 0 saturated carbocycles. The molecule has 2 heterocycles. The first-order chi connectivity index (χ1) is 13.1. The first-order valence-corrected chi connectivity index (χ1v) is 8.52. The maximum atomic E-state index is 14.2. The van der Waals surface area contributed by atoms with Crippen LogP contribution in [0.15, 0.2) is 35.3 Å². The van der Waals surface area contributed by atoms with Gasteiger partial charge in [0.1, 0.15) is 11.9 Å². The van der Waals surface area contributed by atoms with Gasteiger partial charge in [0, 0.05) is 16.8 Å². The number of amides is 1. The van der Waals surface area contributed by atoms with E-state index < -0.39 is 42.6 Å². The van der Waals surface area contributed by atoms with Crippen molar-refractivity contribution in [1.82, 2.24) is 9.55 Å². The number of aromatic nitrogens is 2. The van der Waals surface area contributed by atoms with E-state index in [-0.39, 0.29) is 11.4 Å². The van der Waals surface area contributed by atoms with E-state index in [0.717, 1.165) is 17.8 Å². The fourth-order valence-electron chi connectivity index (χ4n) is 2.70. The summed E-state index contributed by atoms with van der Waals surface area (Å²) in [6.45, 7) is 0.924. The third kappa shape index (κ3) is 3.63. The van der Waals surface area contributed by atoms with Crippen molar-refractivity contribution < 1.29 is 28.5 Å². The largest absolute Gasteiger partial charge is 0.394 e. The van der Waals surface area contributed by atoms with Crippen molar-refractivity contribution in [1.29, 1.82) is 0 Å². The van der Waals surface area contributed by atoms with Crippen LogP contribution in [0.2, 0.25) is 5.02 Å². The van der Waals surface area contributed by atoms with E-state index in [1.54, 1.807) is 13.0 Å². The average Bonchev–Trinajstić information content (AvgIpc) is 2.87. The van der Waals surface area contributed by atoms with Crippen molar-refractivity contribution in [2.75, 3.05) is 11.9 Å². The number of nitrogens with zero attached hydrogens (tertiary/aromatic N) is 2. The predicted molar refractivity (Wildman–Crippen MR) is 94.6 cm³/mol. The molecule has 1 aromatic carbocycles. The molecule has 1 unspecified atom stereocenters. The Kier molecular flexibility index (Phi) is 5.48. The number of hydrogen-bond acceptors (Lipinski definition) is 6. The highest BCUT2D eigenvalue weighted by Crippen LogP contribution is 2.41. The molecule has 1 saturated heterocycles. The van der Waals surface area contributed by atoms with Crippen molar-refractivity contribution in [2.24, 2.45) is 0 Å². The Labute approximate surface area is 162 Å². The van der Waals surface area contributed by atoms with Crippen LogP contribution in [0.25, 0.3) is 0 Å². The van der Waals surface area contributed by atoms with Crippen molar-refractivity contribution in [3.8, 4) is 0 Å². The van der Waals surface area contributed by atoms with Gasteiger partial charge in [-0.25, -0.2) is 4.79 Å². The first-order valence-electron chi connectivity index (χ1n) is 8.14. The summed E-state index contributed by atoms with van der Waals surface area (Å²) in [6.07, 6.45) is -5.00. The molecule has 3 N–H and O–H groups in total. The molecular formula is C17H16ClF2N3O5. The highest BCUT2D eigenvalue weighted by molar-refractivity contribution is 6.31. The number of aliphatic hydroxyl groups excluding tert-OH is 2. The Morgan fingerprint density at radius 1 is 1.43 bits per heavy atom. The number of nitrogens with one attached hydrogen (secondary N) is 1. The van der Waals surface area contributed by atoms with Crippen molar-refractivity contribution in [2.45, 2.75) is 31.3 Å². The predicted octanol–water partition coefficient (Wildman–Crippen LogP) is 1.34. The van der Waals surface area contributed by atoms with Gasteiger partial charge in [-0.15, -0.1) is 0 Å². The quantitative estimate of drug-likeness (QED) is 0.694. The second-order valence-electron chi connectivity index (χ2n) is 6.25. The monoisotopic (exact) mass is 415 g/mol. The Bertz CT molecular complexity index is 968. The summed E-state index contributed by atoms with van der Waals surface area (Å²) in [5.74, 6) is -4.57. The molecule has 11 heteroatoms. The van der Waals surface area contributed by atoms with Crippen LogP contribution in [0.4, 0.5) is 14.6 Å². The van der Waals surface area contributed by atoms with Crippen molar-refractivity contribution in [3.05, 3.63) is 57.1 Å². The topological polar surface area (TPSA) is 114 Å². The average molecular weight is 416 g/mol. The van der Waals surface area contributed by atoms with Gasteiger partial charge in [0.25, 0.3) is 5.91 Å². The van der Waals surface area contributed by atoms with Crippen LogP contribution < -0.4 is 11.0 Å². The summed E-state index contributed by atoms with van der Waals surface area (Å²) in [7, 11) is 0. The van der Waals surface area contributed by atoms with Gasteiger partial charge in [0.2, 0.25) is 6.23 Å². The summed E-state index contributed by atoms with van der Waals surface area (Å²) in [4.78, 5) is 27.9. The van der Waals surface area contributed by atoms with Crippen LogP contribution in [-0.4, -0.2) is 50.4 Å². The van der Waals surface area contributed by atoms with Crippen LogP contribution in [0.3, 0.4) is 0 Å². The summed E-state index contributed by atoms with van der Waals surface area (Å²) < 4.78 is 33.7. The Morgan fingerprint density at radius 2 is 2.14 bits per heavy atom. The zero-order chi connectivity index (χ0) is 20.6. The normalized spacial score (nSPS) is 23.6. The number of benzene rings is 1. The van der Waals surface area contributed by atoms with Gasteiger partial charge in [0.05, 0.1) is 6.61 Å². The minimum atomic E-state index is -3.82. The maximum absolute atomic E-state index is 14.2. The van der Waals surface area contributed by atoms with Gasteiger partial charge in [-0.2, -0.15) is 13.8 Å². The van der Waals surface area contributed by atoms with E-state index in [1.165, 1.54) is 12.1 Å². The van der Waals surface area contributed by atoms with E-state index in [9.17, 15) is 23.5 Å². The number of aliphatic hydroxyl groups is 2. The Hall–Kier alpha value is -2.40. The number of rotatable bonds is 4. The van der Waals surface area contributed by atoms with Gasteiger partial charge in [-0.3, -0.25) is 9.36 Å². The Balaban J connectivity index is 1.82. The maximum Gasteiger partial charge on any atom is 0.351 e. The van der Waals surface area contributed by atoms with E-state index in [1.807, 2.05) is 0 Å². The second kappa shape index (κ2) is 7.55. The number of halogens is 3. The lowest BCUT2D eigenvalue weighted by Gasteiger charge is -2.21. The molecule has 1 aliphatic rings. The summed E-state index contributed by atoms with van der Waals surface area (Å²) >= 11 is 5.97. The zero-order valence-electron chi connectivity index (χ0n) is 14.5. The molecule has 0 spiro atoms. The molecule has 28 heavy (non-hydrogen) atoms. The molecule has 0 radical (unpaired) electrons. The van der Waals surface area contributed by atoms with Gasteiger partial charge in [-0.05, 0) is 30.7 Å². The van der Waals surface area contributed by atoms with Crippen LogP contribution in [0.1, 0.15) is 22.1 Å². The van der Waals surface area contributed by atoms with Crippen molar-refractivity contribution in [3.63, 3.8) is 0 Å². The molecule has 0 aliphatic carbocycles. The molecule has 1 amide bonds. The molecule has 3 rings (SSSR count). The van der Waals surface area contributed by atoms with Crippen LogP contribution in [-0.2, 0) is 4.74 Å². The standard InChI is InChI=1S/C17H16ClF2N3O5/c1-8-2-3-9(6-10(8)18)14(26)21-12-4-5-23(16(27)22-12)15-17(19,20)13(25)11(7-24)28-15/h2-6,11,13,15,24-25H,7H2,1H3,(H,21,22,26,27)/t11-,13-,15?/m1/s1. The molecular weight excluding hydrogens is 400 g/mol. The van der Waals surface area contributed by atoms with Gasteiger partial charge >= 0.3 is 11.6 Å². The molecule has 150 valence electrons. The molecule has 1 aliphatic heterocycles. The lowest BCUT2D eigenvalue weighted by Crippen LogP contribution is -2.41. The van der Waals surface area contributed by atoms with E-state index in [0.29, 0.717) is 9.59 Å². The number of carbonyl (C=O) groups excluding carboxylic acids is 1. The molecule has 3 atom stereocenters. The molecule has 8 nitrogen and oxygen atoms in total. The fraction of sp³-hybridized carbons (Fsp3) is 0.353. The lowest BCUT2D eigenvalue weighted by atomic mass is 10.1. The number of anilines is 1. The minimum Gasteiger partial charge on any atom is -0.394 e. The summed E-state index contributed by atoms with van der Waals surface area (Å²) in [5.41, 5.74) is -0.129. The number of carbonyl (C=O) groups is 1. The SMILES string of the molecule is Cc1ccc(C(=O)Nc2ccn(C3O[C@H](CO)[C@@H](O)C3(F)F)c(=O)n2)cc1Cl. The van der Waals surface area contributed by atoms with Crippen molar-refractivity contribution >= 4 is 23.3 Å². The van der Waals surface area contributed by atoms with Gasteiger partial charge in [0.15, 0.2) is 6.10 Å². The fourth-order valence-corrected chi connectivity index (χ4v) is 2.88. The lowest BCUT2D eigenvalue weighted by molar-refractivity contribution is -0.140. The summed E-state index contributed by atoms with van der Waals surface area (Å²) in [5, 5.41) is 21.3. The second-order valence-corrected chi connectivity index (χ2v) is 6.66. The third-order valence-corrected chi connectivity index (χ3v) is 4.72. The van der Waals surface area contributed by atoms with Crippen LogP contribution in [0, 0.1) is 6.92 Å². The Morgan fingerprint density at radius 3 is 2.71 bits per heavy atom. The summed E-state index contributed by atoms with van der Waals surface area (Å²) in [6, 6.07) is 5.75. The number of ether oxygens (including phenoxy) is 1. The third-order valence-electron chi connectivity index (χ3n) is 4.32. The van der Waals surface area contributed by atoms with Gasteiger partial charge in [-0.1, -0.05) is 17.7 Å². The number of alkyl halides is 2. The van der Waals surface area contributed by atoms with E-state index in [2.05, 4.69) is 10.3 Å².